The number of aryl methyl sites for hydroxylation is 1. The third-order valence-corrected chi connectivity index (χ3v) is 3.86. The maximum Gasteiger partial charge on any atom is 0.358 e. The van der Waals surface area contributed by atoms with E-state index in [1.54, 1.807) is 23.9 Å². The highest BCUT2D eigenvalue weighted by molar-refractivity contribution is 5.92. The molecule has 1 aromatic heterocycles. The van der Waals surface area contributed by atoms with Crippen molar-refractivity contribution in [2.24, 2.45) is 0 Å². The monoisotopic (exact) mass is 323 g/mol. The summed E-state index contributed by atoms with van der Waals surface area (Å²) in [6.45, 7) is 2.45. The van der Waals surface area contributed by atoms with Gasteiger partial charge in [0.15, 0.2) is 5.69 Å². The molecule has 0 atom stereocenters. The normalized spacial score (nSPS) is 10.6. The van der Waals surface area contributed by atoms with Gasteiger partial charge < -0.3 is 9.84 Å². The van der Waals surface area contributed by atoms with Crippen LogP contribution in [0.2, 0.25) is 0 Å². The molecule has 0 saturated carbocycles. The molecule has 0 aliphatic carbocycles. The first kappa shape index (κ1) is 15.7. The molecule has 0 radical (unpaired) electrons. The summed E-state index contributed by atoms with van der Waals surface area (Å²) in [6, 6.07) is 15.1. The lowest BCUT2D eigenvalue weighted by Gasteiger charge is -2.10. The van der Waals surface area contributed by atoms with Gasteiger partial charge in [-0.3, -0.25) is 0 Å². The Morgan fingerprint density at radius 1 is 1.21 bits per heavy atom. The Labute approximate surface area is 139 Å². The molecule has 0 amide bonds. The number of carboxylic acid groups (broad SMARTS) is 1. The summed E-state index contributed by atoms with van der Waals surface area (Å²) in [5.41, 5.74) is 3.26. The Hall–Kier alpha value is -3.15. The molecule has 0 fully saturated rings. The fraction of sp³-hybridized carbons (Fsp3) is 0.167. The van der Waals surface area contributed by atoms with Crippen molar-refractivity contribution in [1.82, 2.24) is 15.0 Å². The van der Waals surface area contributed by atoms with Gasteiger partial charge in [-0.15, -0.1) is 5.10 Å². The van der Waals surface area contributed by atoms with Crippen LogP contribution in [0.4, 0.5) is 0 Å². The number of methoxy groups -OCH3 is 1. The van der Waals surface area contributed by atoms with Crippen molar-refractivity contribution in [3.63, 3.8) is 0 Å². The molecule has 0 unspecified atom stereocenters. The first-order chi connectivity index (χ1) is 11.6. The van der Waals surface area contributed by atoms with E-state index in [0.717, 1.165) is 11.1 Å². The topological polar surface area (TPSA) is 77.2 Å². The van der Waals surface area contributed by atoms with Gasteiger partial charge in [0.25, 0.3) is 0 Å². The highest BCUT2D eigenvalue weighted by atomic mass is 16.5. The van der Waals surface area contributed by atoms with Crippen LogP contribution in [0.25, 0.3) is 11.3 Å². The fourth-order valence-corrected chi connectivity index (χ4v) is 2.57. The van der Waals surface area contributed by atoms with Crippen LogP contribution < -0.4 is 4.74 Å². The van der Waals surface area contributed by atoms with Gasteiger partial charge in [-0.25, -0.2) is 9.48 Å². The van der Waals surface area contributed by atoms with Gasteiger partial charge in [0.2, 0.25) is 0 Å². The van der Waals surface area contributed by atoms with E-state index in [0.29, 0.717) is 23.6 Å². The molecule has 6 nitrogen and oxygen atoms in total. The molecule has 0 saturated heterocycles. The van der Waals surface area contributed by atoms with E-state index in [9.17, 15) is 9.90 Å². The third-order valence-electron chi connectivity index (χ3n) is 3.86. The van der Waals surface area contributed by atoms with E-state index < -0.39 is 5.97 Å². The maximum absolute atomic E-state index is 11.5. The van der Waals surface area contributed by atoms with Gasteiger partial charge in [-0.1, -0.05) is 41.6 Å². The Kier molecular flexibility index (Phi) is 4.29. The molecule has 122 valence electrons. The van der Waals surface area contributed by atoms with E-state index >= 15 is 0 Å². The molecular formula is C18H17N3O3. The van der Waals surface area contributed by atoms with Gasteiger partial charge in [-0.2, -0.15) is 0 Å². The first-order valence-electron chi connectivity index (χ1n) is 7.46. The zero-order valence-electron chi connectivity index (χ0n) is 13.4. The number of ether oxygens (including phenoxy) is 1. The van der Waals surface area contributed by atoms with Crippen molar-refractivity contribution in [3.8, 4) is 17.0 Å². The van der Waals surface area contributed by atoms with Crippen molar-refractivity contribution in [1.29, 1.82) is 0 Å². The number of hydrogen-bond acceptors (Lipinski definition) is 4. The van der Waals surface area contributed by atoms with Crippen molar-refractivity contribution in [2.45, 2.75) is 13.5 Å². The Morgan fingerprint density at radius 3 is 2.71 bits per heavy atom. The molecule has 24 heavy (non-hydrogen) atoms. The molecule has 1 N–H and O–H groups in total. The maximum atomic E-state index is 11.5. The van der Waals surface area contributed by atoms with Crippen LogP contribution in [-0.4, -0.2) is 33.2 Å². The number of hydrogen-bond donors (Lipinski definition) is 1. The van der Waals surface area contributed by atoms with E-state index in [1.807, 2.05) is 43.3 Å². The van der Waals surface area contributed by atoms with Crippen LogP contribution in [0, 0.1) is 6.92 Å². The summed E-state index contributed by atoms with van der Waals surface area (Å²) in [4.78, 5) is 11.5. The van der Waals surface area contributed by atoms with Gasteiger partial charge in [0, 0.05) is 5.56 Å². The second kappa shape index (κ2) is 6.54. The van der Waals surface area contributed by atoms with E-state index in [1.165, 1.54) is 0 Å². The number of carboxylic acids is 1. The van der Waals surface area contributed by atoms with Crippen LogP contribution in [0.1, 0.15) is 21.6 Å². The summed E-state index contributed by atoms with van der Waals surface area (Å²) < 4.78 is 6.84. The number of benzene rings is 2. The van der Waals surface area contributed by atoms with Gasteiger partial charge in [-0.05, 0) is 30.2 Å². The quantitative estimate of drug-likeness (QED) is 0.781. The first-order valence-corrected chi connectivity index (χ1v) is 7.46. The molecule has 3 aromatic rings. The number of rotatable bonds is 5. The fourth-order valence-electron chi connectivity index (χ4n) is 2.57. The summed E-state index contributed by atoms with van der Waals surface area (Å²) in [5, 5.41) is 17.3. The van der Waals surface area contributed by atoms with E-state index in [4.69, 9.17) is 4.74 Å². The zero-order valence-corrected chi connectivity index (χ0v) is 13.4. The second-order valence-corrected chi connectivity index (χ2v) is 5.41. The molecular weight excluding hydrogens is 306 g/mol. The number of aromatic nitrogens is 3. The van der Waals surface area contributed by atoms with Gasteiger partial charge in [0.05, 0.1) is 13.7 Å². The summed E-state index contributed by atoms with van der Waals surface area (Å²) in [7, 11) is 1.57. The molecule has 0 spiro atoms. The Balaban J connectivity index is 2.11. The number of nitrogens with zero attached hydrogens (tertiary/aromatic N) is 3. The van der Waals surface area contributed by atoms with Crippen LogP contribution >= 0.6 is 0 Å². The van der Waals surface area contributed by atoms with E-state index in [-0.39, 0.29) is 5.69 Å². The minimum absolute atomic E-state index is 0.0724. The molecule has 1 heterocycles. The standard InChI is InChI=1S/C18H17N3O3/c1-12-6-3-4-7-14(12)11-21-17(16(18(22)23)19-20-21)13-8-5-9-15(10-13)24-2/h3-10H,11H2,1-2H3,(H,22,23). The van der Waals surface area contributed by atoms with Crippen LogP contribution in [0.3, 0.4) is 0 Å². The molecule has 6 heteroatoms. The third kappa shape index (κ3) is 2.99. The predicted octanol–water partition coefficient (Wildman–Crippen LogP) is 3.01. The minimum Gasteiger partial charge on any atom is -0.497 e. The van der Waals surface area contributed by atoms with Crippen molar-refractivity contribution < 1.29 is 14.6 Å². The number of aromatic carboxylic acids is 1. The van der Waals surface area contributed by atoms with Crippen LogP contribution in [0.5, 0.6) is 5.75 Å². The van der Waals surface area contributed by atoms with Gasteiger partial charge in [0.1, 0.15) is 11.4 Å². The Morgan fingerprint density at radius 2 is 2.00 bits per heavy atom. The van der Waals surface area contributed by atoms with Gasteiger partial charge >= 0.3 is 5.97 Å². The van der Waals surface area contributed by atoms with Crippen LogP contribution in [-0.2, 0) is 6.54 Å². The van der Waals surface area contributed by atoms with E-state index in [2.05, 4.69) is 10.3 Å². The average Bonchev–Trinajstić information content (AvgIpc) is 3.01. The number of carbonyl (C=O) groups is 1. The average molecular weight is 323 g/mol. The second-order valence-electron chi connectivity index (χ2n) is 5.41. The molecule has 0 aliphatic rings. The summed E-state index contributed by atoms with van der Waals surface area (Å²) >= 11 is 0. The molecule has 0 aliphatic heterocycles. The molecule has 3 rings (SSSR count). The molecule has 2 aromatic carbocycles. The molecule has 0 bridgehead atoms. The minimum atomic E-state index is -1.11. The van der Waals surface area contributed by atoms with Crippen LogP contribution in [0.15, 0.2) is 48.5 Å². The highest BCUT2D eigenvalue weighted by Gasteiger charge is 2.21. The lowest BCUT2D eigenvalue weighted by Crippen LogP contribution is -2.07. The van der Waals surface area contributed by atoms with Crippen molar-refractivity contribution >= 4 is 5.97 Å². The summed E-state index contributed by atoms with van der Waals surface area (Å²) in [5.74, 6) is -0.462. The predicted molar refractivity (Wildman–Crippen MR) is 89.3 cm³/mol. The smallest absolute Gasteiger partial charge is 0.358 e. The summed E-state index contributed by atoms with van der Waals surface area (Å²) in [6.07, 6.45) is 0. The lowest BCUT2D eigenvalue weighted by molar-refractivity contribution is 0.0691. The zero-order chi connectivity index (χ0) is 17.1. The Bertz CT molecular complexity index is 887. The lowest BCUT2D eigenvalue weighted by atomic mass is 10.1. The largest absolute Gasteiger partial charge is 0.497 e. The van der Waals surface area contributed by atoms with Crippen molar-refractivity contribution in [2.75, 3.05) is 7.11 Å². The highest BCUT2D eigenvalue weighted by Crippen LogP contribution is 2.27. The SMILES string of the molecule is COc1cccc(-c2c(C(=O)O)nnn2Cc2ccccc2C)c1. The van der Waals surface area contributed by atoms with Crippen molar-refractivity contribution in [3.05, 3.63) is 65.4 Å².